The molecule has 1 aromatic heterocycles. The van der Waals surface area contributed by atoms with Crippen LogP contribution >= 0.6 is 0 Å². The lowest BCUT2D eigenvalue weighted by atomic mass is 10.1. The Labute approximate surface area is 120 Å². The molecule has 0 aliphatic heterocycles. The summed E-state index contributed by atoms with van der Waals surface area (Å²) in [4.78, 5) is 9.11. The highest BCUT2D eigenvalue weighted by Gasteiger charge is 2.13. The summed E-state index contributed by atoms with van der Waals surface area (Å²) in [7, 11) is 0. The maximum Gasteiger partial charge on any atom is 0.225 e. The van der Waals surface area contributed by atoms with E-state index in [0.29, 0.717) is 5.95 Å². The number of anilines is 2. The highest BCUT2D eigenvalue weighted by atomic mass is 15.2. The molecular formula is C16H22N4. The molecule has 0 amide bonds. The van der Waals surface area contributed by atoms with Gasteiger partial charge in [0.1, 0.15) is 5.82 Å². The third-order valence-electron chi connectivity index (χ3n) is 2.64. The molecule has 0 bridgehead atoms. The van der Waals surface area contributed by atoms with E-state index in [2.05, 4.69) is 60.4 Å². The Kier molecular flexibility index (Phi) is 4.23. The quantitative estimate of drug-likeness (QED) is 0.887. The number of nitrogens with zero attached hydrogens (tertiary/aromatic N) is 2. The zero-order valence-corrected chi connectivity index (χ0v) is 12.6. The molecule has 106 valence electrons. The number of rotatable bonds is 4. The second-order valence-electron chi connectivity index (χ2n) is 5.73. The highest BCUT2D eigenvalue weighted by molar-refractivity contribution is 5.64. The molecule has 2 N–H and O–H groups in total. The molecule has 4 nitrogen and oxygen atoms in total. The van der Waals surface area contributed by atoms with Crippen LogP contribution in [0.3, 0.4) is 0 Å². The summed E-state index contributed by atoms with van der Waals surface area (Å²) in [6.07, 6.45) is 0. The van der Waals surface area contributed by atoms with Crippen LogP contribution in [-0.2, 0) is 0 Å². The van der Waals surface area contributed by atoms with Crippen molar-refractivity contribution >= 4 is 11.8 Å². The van der Waals surface area contributed by atoms with Gasteiger partial charge in [0.2, 0.25) is 5.95 Å². The van der Waals surface area contributed by atoms with E-state index in [1.165, 1.54) is 0 Å². The van der Waals surface area contributed by atoms with Crippen molar-refractivity contribution in [3.8, 4) is 11.3 Å². The molecule has 0 aliphatic rings. The first kappa shape index (κ1) is 14.3. The molecule has 0 atom stereocenters. The van der Waals surface area contributed by atoms with Crippen LogP contribution in [0.4, 0.5) is 11.8 Å². The van der Waals surface area contributed by atoms with E-state index in [1.54, 1.807) is 0 Å². The maximum atomic E-state index is 4.61. The molecule has 0 spiro atoms. The Morgan fingerprint density at radius 3 is 2.35 bits per heavy atom. The largest absolute Gasteiger partial charge is 0.370 e. The summed E-state index contributed by atoms with van der Waals surface area (Å²) < 4.78 is 0. The van der Waals surface area contributed by atoms with Crippen LogP contribution in [0.2, 0.25) is 0 Å². The molecule has 20 heavy (non-hydrogen) atoms. The van der Waals surface area contributed by atoms with Crippen molar-refractivity contribution in [2.45, 2.75) is 33.2 Å². The minimum atomic E-state index is -0.0706. The van der Waals surface area contributed by atoms with Crippen LogP contribution in [0.15, 0.2) is 36.4 Å². The van der Waals surface area contributed by atoms with Crippen molar-refractivity contribution in [2.75, 3.05) is 17.2 Å². The van der Waals surface area contributed by atoms with E-state index >= 15 is 0 Å². The van der Waals surface area contributed by atoms with Crippen molar-refractivity contribution in [3.05, 3.63) is 36.4 Å². The first-order valence-electron chi connectivity index (χ1n) is 6.94. The number of nitrogens with one attached hydrogen (secondary N) is 2. The lowest BCUT2D eigenvalue weighted by Gasteiger charge is -2.21. The summed E-state index contributed by atoms with van der Waals surface area (Å²) in [5.74, 6) is 1.49. The van der Waals surface area contributed by atoms with Gasteiger partial charge in [-0.3, -0.25) is 0 Å². The van der Waals surface area contributed by atoms with Crippen LogP contribution < -0.4 is 10.6 Å². The number of aromatic nitrogens is 2. The fourth-order valence-electron chi connectivity index (χ4n) is 1.87. The summed E-state index contributed by atoms with van der Waals surface area (Å²) in [6.45, 7) is 9.18. The molecular weight excluding hydrogens is 248 g/mol. The van der Waals surface area contributed by atoms with Gasteiger partial charge in [-0.2, -0.15) is 4.98 Å². The first-order chi connectivity index (χ1) is 9.48. The van der Waals surface area contributed by atoms with Gasteiger partial charge >= 0.3 is 0 Å². The predicted octanol–water partition coefficient (Wildman–Crippen LogP) is 3.79. The lowest BCUT2D eigenvalue weighted by Crippen LogP contribution is -2.27. The average Bonchev–Trinajstić information content (AvgIpc) is 2.38. The second-order valence-corrected chi connectivity index (χ2v) is 5.73. The third kappa shape index (κ3) is 3.95. The molecule has 1 heterocycles. The molecule has 0 saturated carbocycles. The molecule has 4 heteroatoms. The Balaban J connectivity index is 2.41. The Morgan fingerprint density at radius 2 is 1.75 bits per heavy atom. The minimum Gasteiger partial charge on any atom is -0.370 e. The minimum absolute atomic E-state index is 0.0706. The van der Waals surface area contributed by atoms with E-state index < -0.39 is 0 Å². The molecule has 2 aromatic rings. The summed E-state index contributed by atoms with van der Waals surface area (Å²) >= 11 is 0. The van der Waals surface area contributed by atoms with E-state index in [-0.39, 0.29) is 5.54 Å². The summed E-state index contributed by atoms with van der Waals surface area (Å²) in [5.41, 5.74) is 1.94. The molecule has 0 aliphatic carbocycles. The van der Waals surface area contributed by atoms with E-state index in [1.807, 2.05) is 24.3 Å². The Hall–Kier alpha value is -2.10. The normalized spacial score (nSPS) is 11.2. The van der Waals surface area contributed by atoms with Gasteiger partial charge in [0, 0.05) is 23.7 Å². The summed E-state index contributed by atoms with van der Waals surface area (Å²) in [6, 6.07) is 12.1. The van der Waals surface area contributed by atoms with Crippen LogP contribution in [0.25, 0.3) is 11.3 Å². The van der Waals surface area contributed by atoms with Crippen molar-refractivity contribution in [1.82, 2.24) is 9.97 Å². The molecule has 1 aromatic carbocycles. The standard InChI is InChI=1S/C16H22N4/c1-5-17-14-11-13(12-9-7-6-8-10-12)18-15(19-14)20-16(2,3)4/h6-11H,5H2,1-4H3,(H2,17,18,19,20). The molecule has 2 rings (SSSR count). The third-order valence-corrected chi connectivity index (χ3v) is 2.64. The number of benzene rings is 1. The van der Waals surface area contributed by atoms with E-state index in [9.17, 15) is 0 Å². The predicted molar refractivity (Wildman–Crippen MR) is 85.0 cm³/mol. The zero-order chi connectivity index (χ0) is 14.6. The summed E-state index contributed by atoms with van der Waals surface area (Å²) in [5, 5.41) is 6.58. The van der Waals surface area contributed by atoms with Gasteiger partial charge in [-0.25, -0.2) is 4.98 Å². The van der Waals surface area contributed by atoms with Crippen LogP contribution in [-0.4, -0.2) is 22.1 Å². The van der Waals surface area contributed by atoms with Gasteiger partial charge in [0.05, 0.1) is 5.69 Å². The van der Waals surface area contributed by atoms with Gasteiger partial charge in [0.15, 0.2) is 0 Å². The van der Waals surface area contributed by atoms with Crippen molar-refractivity contribution < 1.29 is 0 Å². The zero-order valence-electron chi connectivity index (χ0n) is 12.6. The van der Waals surface area contributed by atoms with Crippen LogP contribution in [0.1, 0.15) is 27.7 Å². The fraction of sp³-hybridized carbons (Fsp3) is 0.375. The maximum absolute atomic E-state index is 4.61. The van der Waals surface area contributed by atoms with Gasteiger partial charge in [-0.15, -0.1) is 0 Å². The van der Waals surface area contributed by atoms with Crippen molar-refractivity contribution in [2.24, 2.45) is 0 Å². The van der Waals surface area contributed by atoms with Crippen molar-refractivity contribution in [1.29, 1.82) is 0 Å². The molecule has 0 fully saturated rings. The highest BCUT2D eigenvalue weighted by Crippen LogP contribution is 2.22. The topological polar surface area (TPSA) is 49.8 Å². The van der Waals surface area contributed by atoms with Crippen molar-refractivity contribution in [3.63, 3.8) is 0 Å². The Morgan fingerprint density at radius 1 is 1.05 bits per heavy atom. The molecule has 0 unspecified atom stereocenters. The lowest BCUT2D eigenvalue weighted by molar-refractivity contribution is 0.626. The SMILES string of the molecule is CCNc1cc(-c2ccccc2)nc(NC(C)(C)C)n1. The van der Waals surface area contributed by atoms with E-state index in [0.717, 1.165) is 23.6 Å². The number of hydrogen-bond donors (Lipinski definition) is 2. The fourth-order valence-corrected chi connectivity index (χ4v) is 1.87. The number of hydrogen-bond acceptors (Lipinski definition) is 4. The second kappa shape index (κ2) is 5.90. The van der Waals surface area contributed by atoms with Crippen LogP contribution in [0.5, 0.6) is 0 Å². The van der Waals surface area contributed by atoms with Gasteiger partial charge in [-0.05, 0) is 27.7 Å². The van der Waals surface area contributed by atoms with Gasteiger partial charge in [-0.1, -0.05) is 30.3 Å². The average molecular weight is 270 g/mol. The Bertz CT molecular complexity index is 558. The first-order valence-corrected chi connectivity index (χ1v) is 6.94. The molecule has 0 radical (unpaired) electrons. The smallest absolute Gasteiger partial charge is 0.225 e. The van der Waals surface area contributed by atoms with E-state index in [4.69, 9.17) is 0 Å². The van der Waals surface area contributed by atoms with Gasteiger partial charge in [0.25, 0.3) is 0 Å². The van der Waals surface area contributed by atoms with Gasteiger partial charge < -0.3 is 10.6 Å². The monoisotopic (exact) mass is 270 g/mol. The molecule has 0 saturated heterocycles. The van der Waals surface area contributed by atoms with Crippen LogP contribution in [0, 0.1) is 0 Å².